The van der Waals surface area contributed by atoms with Crippen molar-refractivity contribution in [2.24, 2.45) is 7.05 Å². The van der Waals surface area contributed by atoms with Crippen LogP contribution in [0, 0.1) is 4.77 Å². The van der Waals surface area contributed by atoms with Crippen molar-refractivity contribution in [1.29, 1.82) is 0 Å². The Morgan fingerprint density at radius 3 is 2.62 bits per heavy atom. The molecule has 0 aliphatic rings. The molecule has 4 heteroatoms. The Bertz CT molecular complexity index is 234. The first kappa shape index (κ1) is 5.37. The average Bonchev–Trinajstić information content (AvgIpc) is 1.98. The van der Waals surface area contributed by atoms with Gasteiger partial charge in [0.25, 0.3) is 0 Å². The van der Waals surface area contributed by atoms with Crippen LogP contribution in [-0.2, 0) is 7.05 Å². The molecule has 0 atom stereocenters. The zero-order valence-corrected chi connectivity index (χ0v) is 5.33. The number of hydrogen-bond donors (Lipinski definition) is 2. The molecule has 44 valence electrons. The van der Waals surface area contributed by atoms with Crippen LogP contribution in [-0.4, -0.2) is 9.55 Å². The number of nitrogens with two attached hydrogens (primary N) is 1. The Morgan fingerprint density at radius 1 is 1.88 bits per heavy atom. The van der Waals surface area contributed by atoms with Gasteiger partial charge in [-0.3, -0.25) is 0 Å². The quantitative estimate of drug-likeness (QED) is 0.506. The SMILES string of the molecule is Cn1c(N)c[nH]c1=S. The van der Waals surface area contributed by atoms with Crippen LogP contribution in [0.4, 0.5) is 5.82 Å². The van der Waals surface area contributed by atoms with Gasteiger partial charge in [-0.25, -0.2) is 0 Å². The highest BCUT2D eigenvalue weighted by atomic mass is 32.1. The predicted octanol–water partition coefficient (Wildman–Crippen LogP) is 0.665. The molecule has 0 fully saturated rings. The molecule has 0 unspecified atom stereocenters. The highest BCUT2D eigenvalue weighted by Gasteiger charge is 1.88. The second-order valence-electron chi connectivity index (χ2n) is 1.58. The third kappa shape index (κ3) is 0.626. The number of nitrogens with one attached hydrogen (secondary N) is 1. The number of anilines is 1. The zero-order valence-electron chi connectivity index (χ0n) is 4.51. The predicted molar refractivity (Wildman–Crippen MR) is 35.0 cm³/mol. The molecule has 3 nitrogen and oxygen atoms in total. The van der Waals surface area contributed by atoms with Crippen molar-refractivity contribution in [2.45, 2.75) is 0 Å². The van der Waals surface area contributed by atoms with Crippen LogP contribution in [0.2, 0.25) is 0 Å². The molecule has 0 bridgehead atoms. The largest absolute Gasteiger partial charge is 0.384 e. The molecule has 0 saturated heterocycles. The normalized spacial score (nSPS) is 9.62. The van der Waals surface area contributed by atoms with Gasteiger partial charge in [0.15, 0.2) is 4.77 Å². The maximum atomic E-state index is 5.41. The number of rotatable bonds is 0. The first-order chi connectivity index (χ1) is 3.72. The molecular formula is C4H7N3S. The maximum absolute atomic E-state index is 5.41. The van der Waals surface area contributed by atoms with E-state index < -0.39 is 0 Å². The molecule has 1 aromatic heterocycles. The van der Waals surface area contributed by atoms with Crippen LogP contribution >= 0.6 is 12.2 Å². The first-order valence-corrected chi connectivity index (χ1v) is 2.62. The van der Waals surface area contributed by atoms with Gasteiger partial charge in [-0.1, -0.05) is 0 Å². The van der Waals surface area contributed by atoms with Crippen molar-refractivity contribution in [1.82, 2.24) is 9.55 Å². The lowest BCUT2D eigenvalue weighted by molar-refractivity contribution is 0.906. The lowest BCUT2D eigenvalue weighted by atomic mass is 10.8. The summed E-state index contributed by atoms with van der Waals surface area (Å²) in [7, 11) is 1.81. The Labute approximate surface area is 52.1 Å². The van der Waals surface area contributed by atoms with Crippen molar-refractivity contribution in [3.63, 3.8) is 0 Å². The summed E-state index contributed by atoms with van der Waals surface area (Å²) < 4.78 is 2.36. The summed E-state index contributed by atoms with van der Waals surface area (Å²) in [5.74, 6) is 0.662. The van der Waals surface area contributed by atoms with E-state index in [2.05, 4.69) is 4.98 Å². The topological polar surface area (TPSA) is 46.7 Å². The molecule has 0 amide bonds. The lowest BCUT2D eigenvalue weighted by Gasteiger charge is -1.88. The molecule has 0 aliphatic heterocycles. The van der Waals surface area contributed by atoms with Crippen LogP contribution in [0.25, 0.3) is 0 Å². The fourth-order valence-electron chi connectivity index (χ4n) is 0.447. The van der Waals surface area contributed by atoms with E-state index in [0.29, 0.717) is 10.6 Å². The van der Waals surface area contributed by atoms with Gasteiger partial charge in [0.1, 0.15) is 5.82 Å². The van der Waals surface area contributed by atoms with E-state index in [-0.39, 0.29) is 0 Å². The number of nitrogens with zero attached hydrogens (tertiary/aromatic N) is 1. The summed E-state index contributed by atoms with van der Waals surface area (Å²) in [4.78, 5) is 2.79. The fourth-order valence-corrected chi connectivity index (χ4v) is 0.611. The summed E-state index contributed by atoms with van der Waals surface area (Å²) in [6.45, 7) is 0. The van der Waals surface area contributed by atoms with Gasteiger partial charge >= 0.3 is 0 Å². The highest BCUT2D eigenvalue weighted by molar-refractivity contribution is 7.71. The third-order valence-electron chi connectivity index (χ3n) is 1.04. The second-order valence-corrected chi connectivity index (χ2v) is 1.96. The van der Waals surface area contributed by atoms with Crippen molar-refractivity contribution < 1.29 is 0 Å². The third-order valence-corrected chi connectivity index (χ3v) is 1.43. The van der Waals surface area contributed by atoms with Crippen LogP contribution in [0.3, 0.4) is 0 Å². The number of aromatic amines is 1. The number of nitrogen functional groups attached to an aromatic ring is 1. The molecular weight excluding hydrogens is 122 g/mol. The van der Waals surface area contributed by atoms with Crippen LogP contribution < -0.4 is 5.73 Å². The van der Waals surface area contributed by atoms with E-state index in [0.717, 1.165) is 0 Å². The van der Waals surface area contributed by atoms with Gasteiger partial charge in [-0.2, -0.15) is 0 Å². The molecule has 1 rings (SSSR count). The molecule has 0 saturated carbocycles. The number of H-pyrrole nitrogens is 1. The van der Waals surface area contributed by atoms with E-state index in [1.165, 1.54) is 0 Å². The average molecular weight is 129 g/mol. The monoisotopic (exact) mass is 129 g/mol. The van der Waals surface area contributed by atoms with E-state index >= 15 is 0 Å². The Hall–Kier alpha value is -0.770. The molecule has 1 aromatic rings. The van der Waals surface area contributed by atoms with Gasteiger partial charge in [0, 0.05) is 13.2 Å². The smallest absolute Gasteiger partial charge is 0.178 e. The van der Waals surface area contributed by atoms with Crippen LogP contribution in [0.5, 0.6) is 0 Å². The minimum atomic E-state index is 0.655. The molecule has 0 aliphatic carbocycles. The second kappa shape index (κ2) is 1.63. The number of imidazole rings is 1. The Kier molecular flexibility index (Phi) is 1.09. The van der Waals surface area contributed by atoms with E-state index in [9.17, 15) is 0 Å². The summed E-state index contributed by atoms with van der Waals surface area (Å²) in [6.07, 6.45) is 1.67. The first-order valence-electron chi connectivity index (χ1n) is 2.21. The Morgan fingerprint density at radius 2 is 2.50 bits per heavy atom. The van der Waals surface area contributed by atoms with Gasteiger partial charge in [0.2, 0.25) is 0 Å². The van der Waals surface area contributed by atoms with E-state index in [4.69, 9.17) is 18.0 Å². The highest BCUT2D eigenvalue weighted by Crippen LogP contribution is 1.96. The zero-order chi connectivity index (χ0) is 6.15. The van der Waals surface area contributed by atoms with Gasteiger partial charge < -0.3 is 15.3 Å². The molecule has 3 N–H and O–H groups in total. The van der Waals surface area contributed by atoms with E-state index in [1.807, 2.05) is 7.05 Å². The molecule has 8 heavy (non-hydrogen) atoms. The fraction of sp³-hybridized carbons (Fsp3) is 0.250. The minimum absolute atomic E-state index is 0.655. The molecule has 0 spiro atoms. The summed E-state index contributed by atoms with van der Waals surface area (Å²) in [6, 6.07) is 0. The van der Waals surface area contributed by atoms with Gasteiger partial charge in [0.05, 0.1) is 0 Å². The number of aromatic nitrogens is 2. The van der Waals surface area contributed by atoms with Crippen molar-refractivity contribution in [3.05, 3.63) is 11.0 Å². The van der Waals surface area contributed by atoms with Crippen molar-refractivity contribution >= 4 is 18.0 Å². The van der Waals surface area contributed by atoms with Gasteiger partial charge in [-0.15, -0.1) is 0 Å². The summed E-state index contributed by atoms with van der Waals surface area (Å²) in [5.41, 5.74) is 5.41. The van der Waals surface area contributed by atoms with Crippen molar-refractivity contribution in [3.8, 4) is 0 Å². The standard InChI is InChI=1S/C4H7N3S/c1-7-3(5)2-6-4(7)8/h2H,5H2,1H3,(H,6,8). The molecule has 0 aromatic carbocycles. The molecule has 0 radical (unpaired) electrons. The molecule has 1 heterocycles. The van der Waals surface area contributed by atoms with Crippen LogP contribution in [0.1, 0.15) is 0 Å². The van der Waals surface area contributed by atoms with Crippen molar-refractivity contribution in [2.75, 3.05) is 5.73 Å². The number of hydrogen-bond acceptors (Lipinski definition) is 2. The minimum Gasteiger partial charge on any atom is -0.384 e. The Balaban J connectivity index is 3.41. The summed E-state index contributed by atoms with van der Waals surface area (Å²) in [5, 5.41) is 0. The summed E-state index contributed by atoms with van der Waals surface area (Å²) >= 11 is 4.80. The van der Waals surface area contributed by atoms with Gasteiger partial charge in [-0.05, 0) is 12.2 Å². The van der Waals surface area contributed by atoms with E-state index in [1.54, 1.807) is 10.8 Å². The lowest BCUT2D eigenvalue weighted by Crippen LogP contribution is -1.94. The maximum Gasteiger partial charge on any atom is 0.178 e. The van der Waals surface area contributed by atoms with Crippen LogP contribution in [0.15, 0.2) is 6.20 Å².